The van der Waals surface area contributed by atoms with E-state index >= 15 is 0 Å². The van der Waals surface area contributed by atoms with Crippen molar-refractivity contribution in [1.29, 1.82) is 0 Å². The van der Waals surface area contributed by atoms with Gasteiger partial charge in [-0.1, -0.05) is 12.1 Å². The maximum atomic E-state index is 12.6. The van der Waals surface area contributed by atoms with Crippen molar-refractivity contribution in [2.75, 3.05) is 25.5 Å². The molecule has 1 saturated carbocycles. The number of fused-ring (bicyclic) bond motifs is 2. The first-order valence-electron chi connectivity index (χ1n) is 8.78. The maximum absolute atomic E-state index is 12.6. The Hall–Kier alpha value is -2.67. The van der Waals surface area contributed by atoms with E-state index in [2.05, 4.69) is 10.3 Å². The second kappa shape index (κ2) is 6.57. The highest BCUT2D eigenvalue weighted by Gasteiger charge is 2.51. The van der Waals surface area contributed by atoms with E-state index in [0.29, 0.717) is 19.0 Å². The Balaban J connectivity index is 1.43. The van der Waals surface area contributed by atoms with Gasteiger partial charge in [-0.3, -0.25) is 4.57 Å². The number of anilines is 1. The Kier molecular flexibility index (Phi) is 4.24. The summed E-state index contributed by atoms with van der Waals surface area (Å²) >= 11 is 0. The van der Waals surface area contributed by atoms with Gasteiger partial charge in [-0.2, -0.15) is 0 Å². The molecule has 0 spiro atoms. The van der Waals surface area contributed by atoms with Crippen molar-refractivity contribution in [1.82, 2.24) is 14.5 Å². The zero-order chi connectivity index (χ0) is 18.1. The van der Waals surface area contributed by atoms with Crippen LogP contribution >= 0.6 is 0 Å². The SMILES string of the molecule is COC12CC(CN(C(=O)Nc3cccc(Cn4cccnc4=O)c3)C1)C2. The van der Waals surface area contributed by atoms with E-state index in [9.17, 15) is 9.59 Å². The highest BCUT2D eigenvalue weighted by Crippen LogP contribution is 2.45. The summed E-state index contributed by atoms with van der Waals surface area (Å²) in [5, 5.41) is 2.96. The third kappa shape index (κ3) is 3.22. The molecule has 0 radical (unpaired) electrons. The molecule has 2 bridgehead atoms. The molecule has 7 nitrogen and oxygen atoms in total. The summed E-state index contributed by atoms with van der Waals surface area (Å²) in [7, 11) is 1.72. The molecule has 5 rings (SSSR count). The first-order chi connectivity index (χ1) is 12.6. The van der Waals surface area contributed by atoms with E-state index in [-0.39, 0.29) is 17.3 Å². The van der Waals surface area contributed by atoms with Crippen molar-refractivity contribution in [3.63, 3.8) is 0 Å². The normalized spacial score (nSPS) is 24.0. The van der Waals surface area contributed by atoms with E-state index in [1.165, 1.54) is 10.8 Å². The molecule has 1 aliphatic carbocycles. The molecule has 26 heavy (non-hydrogen) atoms. The molecule has 0 unspecified atom stereocenters. The number of amides is 2. The number of hydrogen-bond donors (Lipinski definition) is 1. The number of nitrogens with zero attached hydrogens (tertiary/aromatic N) is 3. The average molecular weight is 354 g/mol. The average Bonchev–Trinajstić information content (AvgIpc) is 2.63. The monoisotopic (exact) mass is 354 g/mol. The molecule has 0 atom stereocenters. The summed E-state index contributed by atoms with van der Waals surface area (Å²) in [5.74, 6) is 0.540. The zero-order valence-corrected chi connectivity index (χ0v) is 14.7. The minimum atomic E-state index is -0.292. The van der Waals surface area contributed by atoms with Crippen LogP contribution in [0.15, 0.2) is 47.5 Å². The van der Waals surface area contributed by atoms with Crippen LogP contribution in [0.3, 0.4) is 0 Å². The minimum absolute atomic E-state index is 0.105. The lowest BCUT2D eigenvalue weighted by atomic mass is 9.67. The van der Waals surface area contributed by atoms with Crippen LogP contribution in [0.2, 0.25) is 0 Å². The highest BCUT2D eigenvalue weighted by molar-refractivity contribution is 5.89. The Morgan fingerprint density at radius 2 is 2.23 bits per heavy atom. The van der Waals surface area contributed by atoms with Gasteiger partial charge < -0.3 is 15.0 Å². The number of benzene rings is 1. The number of hydrogen-bond acceptors (Lipinski definition) is 4. The second-order valence-electron chi connectivity index (χ2n) is 7.20. The first-order valence-corrected chi connectivity index (χ1v) is 8.78. The smallest absolute Gasteiger partial charge is 0.347 e. The van der Waals surface area contributed by atoms with Crippen LogP contribution in [-0.2, 0) is 11.3 Å². The Labute approximate surface area is 151 Å². The van der Waals surface area contributed by atoms with Gasteiger partial charge in [0.1, 0.15) is 0 Å². The molecule has 7 heteroatoms. The van der Waals surface area contributed by atoms with E-state index in [4.69, 9.17) is 4.74 Å². The lowest BCUT2D eigenvalue weighted by molar-refractivity contribution is -0.149. The number of carbonyl (C=O) groups is 1. The summed E-state index contributed by atoms with van der Waals surface area (Å²) < 4.78 is 7.14. The first kappa shape index (κ1) is 16.8. The quantitative estimate of drug-likeness (QED) is 0.910. The Morgan fingerprint density at radius 3 is 3.00 bits per heavy atom. The fourth-order valence-electron chi connectivity index (χ4n) is 4.01. The molecular weight excluding hydrogens is 332 g/mol. The van der Waals surface area contributed by atoms with Crippen molar-refractivity contribution < 1.29 is 9.53 Å². The minimum Gasteiger partial charge on any atom is -0.376 e. The van der Waals surface area contributed by atoms with Gasteiger partial charge in [0.05, 0.1) is 18.7 Å². The predicted octanol–water partition coefficient (Wildman–Crippen LogP) is 1.93. The van der Waals surface area contributed by atoms with Gasteiger partial charge in [-0.15, -0.1) is 0 Å². The lowest BCUT2D eigenvalue weighted by Crippen LogP contribution is -2.63. The molecule has 2 aliphatic heterocycles. The van der Waals surface area contributed by atoms with Gasteiger partial charge in [0, 0.05) is 31.7 Å². The van der Waals surface area contributed by atoms with Gasteiger partial charge in [-0.05, 0) is 42.5 Å². The second-order valence-corrected chi connectivity index (χ2v) is 7.20. The van der Waals surface area contributed by atoms with E-state index in [1.54, 1.807) is 19.4 Å². The van der Waals surface area contributed by atoms with Crippen molar-refractivity contribution in [3.05, 3.63) is 58.8 Å². The summed E-state index contributed by atoms with van der Waals surface area (Å²) in [6, 6.07) is 9.15. The standard InChI is InChI=1S/C19H22N4O3/c1-26-19-9-15(10-19)12-23(13-19)18(25)21-16-5-2-4-14(8-16)11-22-7-3-6-20-17(22)24/h2-8,15H,9-13H2,1H3,(H,21,25). The molecule has 2 aromatic rings. The fourth-order valence-corrected chi connectivity index (χ4v) is 4.01. The number of rotatable bonds is 4. The highest BCUT2D eigenvalue weighted by atomic mass is 16.5. The molecule has 1 N–H and O–H groups in total. The van der Waals surface area contributed by atoms with Crippen molar-refractivity contribution >= 4 is 11.7 Å². The third-order valence-corrected chi connectivity index (χ3v) is 5.31. The van der Waals surface area contributed by atoms with Crippen molar-refractivity contribution in [2.24, 2.45) is 5.92 Å². The van der Waals surface area contributed by atoms with Crippen LogP contribution in [0.4, 0.5) is 10.5 Å². The molecule has 3 aliphatic rings. The molecule has 2 saturated heterocycles. The Bertz CT molecular complexity index is 873. The van der Waals surface area contributed by atoms with Crippen molar-refractivity contribution in [2.45, 2.75) is 25.0 Å². The molecule has 3 heterocycles. The van der Waals surface area contributed by atoms with Gasteiger partial charge in [0.15, 0.2) is 0 Å². The topological polar surface area (TPSA) is 76.5 Å². The molecule has 136 valence electrons. The number of ether oxygens (including phenoxy) is 1. The summed E-state index contributed by atoms with van der Waals surface area (Å²) in [4.78, 5) is 29.9. The fraction of sp³-hybridized carbons (Fsp3) is 0.421. The van der Waals surface area contributed by atoms with Crippen molar-refractivity contribution in [3.8, 4) is 0 Å². The van der Waals surface area contributed by atoms with E-state index in [1.807, 2.05) is 29.2 Å². The zero-order valence-electron chi connectivity index (χ0n) is 14.7. The molecule has 1 aromatic heterocycles. The van der Waals surface area contributed by atoms with Crippen LogP contribution in [-0.4, -0.2) is 46.3 Å². The largest absolute Gasteiger partial charge is 0.376 e. The van der Waals surface area contributed by atoms with Crippen LogP contribution in [0, 0.1) is 5.92 Å². The summed E-state index contributed by atoms with van der Waals surface area (Å²) in [6.07, 6.45) is 5.27. The molecular formula is C19H22N4O3. The van der Waals surface area contributed by atoms with Gasteiger partial charge in [-0.25, -0.2) is 14.6 Å². The molecule has 3 fully saturated rings. The lowest BCUT2D eigenvalue weighted by Gasteiger charge is -2.55. The maximum Gasteiger partial charge on any atom is 0.347 e. The van der Waals surface area contributed by atoms with Crippen LogP contribution in [0.1, 0.15) is 18.4 Å². The number of aromatic nitrogens is 2. The van der Waals surface area contributed by atoms with Crippen LogP contribution in [0.5, 0.6) is 0 Å². The molecule has 1 aromatic carbocycles. The number of carbonyl (C=O) groups excluding carboxylic acids is 1. The molecule has 2 amide bonds. The number of nitrogens with one attached hydrogen (secondary N) is 1. The Morgan fingerprint density at radius 1 is 1.38 bits per heavy atom. The van der Waals surface area contributed by atoms with Gasteiger partial charge >= 0.3 is 11.7 Å². The number of methoxy groups -OCH3 is 1. The summed E-state index contributed by atoms with van der Waals surface area (Å²) in [5.41, 5.74) is 1.20. The predicted molar refractivity (Wildman–Crippen MR) is 97.1 cm³/mol. The number of piperidine rings is 2. The van der Waals surface area contributed by atoms with Gasteiger partial charge in [0.25, 0.3) is 0 Å². The number of urea groups is 1. The van der Waals surface area contributed by atoms with E-state index in [0.717, 1.165) is 30.6 Å². The van der Waals surface area contributed by atoms with Gasteiger partial charge in [0.2, 0.25) is 0 Å². The van der Waals surface area contributed by atoms with Crippen LogP contribution in [0.25, 0.3) is 0 Å². The third-order valence-electron chi connectivity index (χ3n) is 5.31. The van der Waals surface area contributed by atoms with Crippen LogP contribution < -0.4 is 11.0 Å². The summed E-state index contributed by atoms with van der Waals surface area (Å²) in [6.45, 7) is 1.83. The van der Waals surface area contributed by atoms with E-state index < -0.39 is 0 Å².